The van der Waals surface area contributed by atoms with Gasteiger partial charge in [0.05, 0.1) is 0 Å². The number of halogens is 1. The Balaban J connectivity index is 2.70. The topological polar surface area (TPSA) is 32.3 Å². The first-order valence-corrected chi connectivity index (χ1v) is 6.51. The minimum absolute atomic E-state index is 0.0584. The van der Waals surface area contributed by atoms with Crippen molar-refractivity contribution in [1.29, 1.82) is 0 Å². The molecule has 0 atom stereocenters. The van der Waals surface area contributed by atoms with Gasteiger partial charge in [0.25, 0.3) is 5.91 Å². The van der Waals surface area contributed by atoms with Crippen LogP contribution in [0.3, 0.4) is 0 Å². The molecule has 3 nitrogen and oxygen atoms in total. The van der Waals surface area contributed by atoms with Crippen molar-refractivity contribution < 1.29 is 4.79 Å². The van der Waals surface area contributed by atoms with E-state index in [2.05, 4.69) is 5.32 Å². The molecule has 1 aromatic carbocycles. The fourth-order valence-electron chi connectivity index (χ4n) is 1.39. The molecule has 1 aromatic rings. The number of nitrogens with zero attached hydrogens (tertiary/aromatic N) is 1. The Kier molecular flexibility index (Phi) is 5.03. The number of nitrogens with one attached hydrogen (secondary N) is 1. The summed E-state index contributed by atoms with van der Waals surface area (Å²) in [5.41, 5.74) is 1.60. The lowest BCUT2D eigenvalue weighted by Crippen LogP contribution is -2.35. The van der Waals surface area contributed by atoms with Crippen LogP contribution in [0.15, 0.2) is 24.3 Å². The molecule has 0 aliphatic heterocycles. The van der Waals surface area contributed by atoms with Gasteiger partial charge in [-0.25, -0.2) is 0 Å². The smallest absolute Gasteiger partial charge is 0.251 e. The number of alkyl halides is 1. The van der Waals surface area contributed by atoms with Crippen LogP contribution < -0.4 is 10.2 Å². The molecule has 1 N–H and O–H groups in total. The van der Waals surface area contributed by atoms with E-state index in [-0.39, 0.29) is 11.3 Å². The summed E-state index contributed by atoms with van der Waals surface area (Å²) in [6.07, 6.45) is 0. The lowest BCUT2D eigenvalue weighted by molar-refractivity contribution is 0.0940. The van der Waals surface area contributed by atoms with Gasteiger partial charge in [-0.15, -0.1) is 11.6 Å². The van der Waals surface area contributed by atoms with Crippen LogP contribution in [0.4, 0.5) is 5.69 Å². The first-order valence-electron chi connectivity index (χ1n) is 5.97. The standard InChI is InChI=1S/C14H21ClN2O/c1-14(2,9-15)10-16-13(18)11-6-5-7-12(8-11)17(3)4/h5-8H,9-10H2,1-4H3,(H,16,18). The van der Waals surface area contributed by atoms with E-state index >= 15 is 0 Å². The summed E-state index contributed by atoms with van der Waals surface area (Å²) in [6, 6.07) is 7.55. The average Bonchev–Trinajstić information content (AvgIpc) is 2.36. The minimum Gasteiger partial charge on any atom is -0.378 e. The molecule has 0 aliphatic rings. The van der Waals surface area contributed by atoms with Crippen molar-refractivity contribution >= 4 is 23.2 Å². The van der Waals surface area contributed by atoms with Crippen molar-refractivity contribution in [1.82, 2.24) is 5.32 Å². The molecule has 18 heavy (non-hydrogen) atoms. The van der Waals surface area contributed by atoms with Crippen LogP contribution in [0.5, 0.6) is 0 Å². The summed E-state index contributed by atoms with van der Waals surface area (Å²) < 4.78 is 0. The molecular weight excluding hydrogens is 248 g/mol. The normalized spacial score (nSPS) is 11.2. The second kappa shape index (κ2) is 6.10. The molecule has 1 rings (SSSR count). The van der Waals surface area contributed by atoms with Gasteiger partial charge in [0.1, 0.15) is 0 Å². The van der Waals surface area contributed by atoms with Gasteiger partial charge in [-0.3, -0.25) is 4.79 Å². The number of carbonyl (C=O) groups is 1. The summed E-state index contributed by atoms with van der Waals surface area (Å²) in [5.74, 6) is 0.460. The van der Waals surface area contributed by atoms with E-state index in [1.54, 1.807) is 0 Å². The molecule has 100 valence electrons. The predicted molar refractivity (Wildman–Crippen MR) is 77.6 cm³/mol. The number of hydrogen-bond acceptors (Lipinski definition) is 2. The van der Waals surface area contributed by atoms with E-state index < -0.39 is 0 Å². The molecule has 0 aromatic heterocycles. The Morgan fingerprint density at radius 2 is 2.06 bits per heavy atom. The maximum atomic E-state index is 12.0. The molecule has 0 aliphatic carbocycles. The largest absolute Gasteiger partial charge is 0.378 e. The number of rotatable bonds is 5. The predicted octanol–water partition coefficient (Wildman–Crippen LogP) is 2.75. The van der Waals surface area contributed by atoms with Crippen LogP contribution in [0.1, 0.15) is 24.2 Å². The Morgan fingerprint density at radius 1 is 1.39 bits per heavy atom. The Labute approximate surface area is 114 Å². The van der Waals surface area contributed by atoms with Crippen molar-refractivity contribution in [2.75, 3.05) is 31.4 Å². The van der Waals surface area contributed by atoms with Gasteiger partial charge in [-0.1, -0.05) is 19.9 Å². The zero-order valence-electron chi connectivity index (χ0n) is 11.5. The third-order valence-corrected chi connectivity index (χ3v) is 3.44. The number of carbonyl (C=O) groups excluding carboxylic acids is 1. The van der Waals surface area contributed by atoms with E-state index in [0.29, 0.717) is 18.0 Å². The maximum absolute atomic E-state index is 12.0. The van der Waals surface area contributed by atoms with Gasteiger partial charge in [0.15, 0.2) is 0 Å². The summed E-state index contributed by atoms with van der Waals surface area (Å²) in [6.45, 7) is 4.62. The van der Waals surface area contributed by atoms with Crippen molar-refractivity contribution in [3.8, 4) is 0 Å². The SMILES string of the molecule is CN(C)c1cccc(C(=O)NCC(C)(C)CCl)c1. The number of anilines is 1. The molecule has 0 heterocycles. The molecule has 0 spiro atoms. The van der Waals surface area contributed by atoms with Crippen LogP contribution in [0.2, 0.25) is 0 Å². The van der Waals surface area contributed by atoms with Gasteiger partial charge >= 0.3 is 0 Å². The Hall–Kier alpha value is -1.22. The van der Waals surface area contributed by atoms with E-state index in [4.69, 9.17) is 11.6 Å². The quantitative estimate of drug-likeness (QED) is 0.833. The van der Waals surface area contributed by atoms with Gasteiger partial charge in [0.2, 0.25) is 0 Å². The van der Waals surface area contributed by atoms with Crippen molar-refractivity contribution in [2.24, 2.45) is 5.41 Å². The van der Waals surface area contributed by atoms with Crippen LogP contribution in [0.25, 0.3) is 0 Å². The van der Waals surface area contributed by atoms with Crippen LogP contribution in [-0.2, 0) is 0 Å². The van der Waals surface area contributed by atoms with Crippen molar-refractivity contribution in [3.63, 3.8) is 0 Å². The highest BCUT2D eigenvalue weighted by atomic mass is 35.5. The Bertz CT molecular complexity index is 416. The van der Waals surface area contributed by atoms with E-state index in [9.17, 15) is 4.79 Å². The van der Waals surface area contributed by atoms with Gasteiger partial charge < -0.3 is 10.2 Å². The van der Waals surface area contributed by atoms with Crippen LogP contribution in [0, 0.1) is 5.41 Å². The van der Waals surface area contributed by atoms with E-state index in [1.807, 2.05) is 57.1 Å². The molecular formula is C14H21ClN2O. The highest BCUT2D eigenvalue weighted by molar-refractivity contribution is 6.18. The van der Waals surface area contributed by atoms with Gasteiger partial charge in [-0.2, -0.15) is 0 Å². The highest BCUT2D eigenvalue weighted by Crippen LogP contribution is 2.16. The fraction of sp³-hybridized carbons (Fsp3) is 0.500. The monoisotopic (exact) mass is 268 g/mol. The van der Waals surface area contributed by atoms with Crippen LogP contribution in [-0.4, -0.2) is 32.4 Å². The van der Waals surface area contributed by atoms with Crippen molar-refractivity contribution in [3.05, 3.63) is 29.8 Å². The number of benzene rings is 1. The fourth-order valence-corrected chi connectivity index (χ4v) is 1.49. The average molecular weight is 269 g/mol. The molecule has 0 saturated heterocycles. The highest BCUT2D eigenvalue weighted by Gasteiger charge is 2.18. The molecule has 0 bridgehead atoms. The minimum atomic E-state index is -0.0869. The van der Waals surface area contributed by atoms with E-state index in [1.165, 1.54) is 0 Å². The molecule has 0 unspecified atom stereocenters. The molecule has 0 fully saturated rings. The second-order valence-electron chi connectivity index (χ2n) is 5.43. The van der Waals surface area contributed by atoms with Gasteiger partial charge in [0, 0.05) is 37.8 Å². The Morgan fingerprint density at radius 3 is 2.61 bits per heavy atom. The zero-order chi connectivity index (χ0) is 13.8. The summed E-state index contributed by atoms with van der Waals surface area (Å²) in [4.78, 5) is 14.0. The first kappa shape index (κ1) is 14.8. The molecule has 0 radical (unpaired) electrons. The van der Waals surface area contributed by atoms with E-state index in [0.717, 1.165) is 5.69 Å². The maximum Gasteiger partial charge on any atom is 0.251 e. The summed E-state index contributed by atoms with van der Waals surface area (Å²) >= 11 is 5.83. The van der Waals surface area contributed by atoms with Crippen LogP contribution >= 0.6 is 11.6 Å². The number of hydrogen-bond donors (Lipinski definition) is 1. The lowest BCUT2D eigenvalue weighted by atomic mass is 9.96. The summed E-state index contributed by atoms with van der Waals surface area (Å²) in [7, 11) is 3.90. The van der Waals surface area contributed by atoms with Crippen molar-refractivity contribution in [2.45, 2.75) is 13.8 Å². The second-order valence-corrected chi connectivity index (χ2v) is 5.69. The number of amides is 1. The summed E-state index contributed by atoms with van der Waals surface area (Å²) in [5, 5.41) is 2.91. The lowest BCUT2D eigenvalue weighted by Gasteiger charge is -2.21. The third kappa shape index (κ3) is 4.22. The third-order valence-electron chi connectivity index (χ3n) is 2.71. The first-order chi connectivity index (χ1) is 8.35. The molecule has 1 amide bonds. The van der Waals surface area contributed by atoms with Gasteiger partial charge in [-0.05, 0) is 23.6 Å². The molecule has 4 heteroatoms. The zero-order valence-corrected chi connectivity index (χ0v) is 12.2. The molecule has 0 saturated carbocycles.